The van der Waals surface area contributed by atoms with Crippen molar-refractivity contribution in [1.82, 2.24) is 29.2 Å². The lowest BCUT2D eigenvalue weighted by atomic mass is 9.67. The van der Waals surface area contributed by atoms with Gasteiger partial charge in [-0.3, -0.25) is 4.79 Å². The molecule has 3 aliphatic rings. The summed E-state index contributed by atoms with van der Waals surface area (Å²) in [4.78, 5) is 30.9. The standard InChI is InChI=1S/C36H39N7O2/c1-5-16-42-33(44)28-19-37-34(38-24-17-22-10-9-14-35(3)21-41(4)20-23(18-24)29(22)35)40-32(28)43(42)31-27-12-8-7-11-25(27)26-13-15-36(45,6-2)30(26)39-31/h5,7-8,11-12,17-19,45H,1,6,9-10,13-16,20-21H2,2-4H3,(H,37,38,40). The van der Waals surface area contributed by atoms with E-state index in [1.54, 1.807) is 21.6 Å². The molecule has 4 heterocycles. The summed E-state index contributed by atoms with van der Waals surface area (Å²) in [5, 5.41) is 17.4. The molecule has 0 saturated carbocycles. The number of rotatable bonds is 6. The van der Waals surface area contributed by atoms with E-state index in [9.17, 15) is 9.90 Å². The minimum absolute atomic E-state index is 0.184. The van der Waals surface area contributed by atoms with Crippen molar-refractivity contribution < 1.29 is 5.11 Å². The van der Waals surface area contributed by atoms with Crippen molar-refractivity contribution in [3.63, 3.8) is 0 Å². The third-order valence-corrected chi connectivity index (χ3v) is 10.4. The van der Waals surface area contributed by atoms with E-state index in [1.807, 2.05) is 25.1 Å². The first-order chi connectivity index (χ1) is 21.7. The predicted molar refractivity (Wildman–Crippen MR) is 177 cm³/mol. The Balaban J connectivity index is 1.31. The van der Waals surface area contributed by atoms with Gasteiger partial charge in [0.15, 0.2) is 11.5 Å². The van der Waals surface area contributed by atoms with Gasteiger partial charge in [0.2, 0.25) is 5.95 Å². The molecule has 0 bridgehead atoms. The first kappa shape index (κ1) is 28.2. The minimum atomic E-state index is -1.01. The minimum Gasteiger partial charge on any atom is -0.384 e. The zero-order valence-corrected chi connectivity index (χ0v) is 26.2. The van der Waals surface area contributed by atoms with Crippen LogP contribution in [0.2, 0.25) is 0 Å². The molecule has 2 N–H and O–H groups in total. The van der Waals surface area contributed by atoms with Gasteiger partial charge in [-0.1, -0.05) is 44.2 Å². The molecule has 2 aromatic carbocycles. The second kappa shape index (κ2) is 10.1. The van der Waals surface area contributed by atoms with E-state index in [-0.39, 0.29) is 17.5 Å². The summed E-state index contributed by atoms with van der Waals surface area (Å²) < 4.78 is 3.40. The van der Waals surface area contributed by atoms with Crippen molar-refractivity contribution in [1.29, 1.82) is 0 Å². The first-order valence-corrected chi connectivity index (χ1v) is 16.1. The van der Waals surface area contributed by atoms with Crippen LogP contribution in [-0.4, -0.2) is 47.9 Å². The lowest BCUT2D eigenvalue weighted by Crippen LogP contribution is -2.44. The quantitative estimate of drug-likeness (QED) is 0.243. The molecule has 2 unspecified atom stereocenters. The van der Waals surface area contributed by atoms with Crippen LogP contribution in [0.1, 0.15) is 67.5 Å². The topological polar surface area (TPSA) is 101 Å². The Hall–Kier alpha value is -4.34. The number of hydrogen-bond donors (Lipinski definition) is 2. The molecule has 0 radical (unpaired) electrons. The number of aryl methyl sites for hydroxylation is 2. The molecule has 9 nitrogen and oxygen atoms in total. The molecule has 45 heavy (non-hydrogen) atoms. The molecule has 2 aliphatic carbocycles. The first-order valence-electron chi connectivity index (χ1n) is 16.1. The van der Waals surface area contributed by atoms with Crippen LogP contribution >= 0.6 is 0 Å². The largest absolute Gasteiger partial charge is 0.384 e. The normalized spacial score (nSPS) is 22.5. The molecule has 3 aromatic heterocycles. The number of nitrogens with zero attached hydrogens (tertiary/aromatic N) is 6. The lowest BCUT2D eigenvalue weighted by molar-refractivity contribution is 0.0306. The monoisotopic (exact) mass is 601 g/mol. The van der Waals surface area contributed by atoms with Crippen molar-refractivity contribution >= 4 is 33.4 Å². The van der Waals surface area contributed by atoms with Gasteiger partial charge in [-0.05, 0) is 85.3 Å². The molecule has 5 aromatic rings. The number of hydrogen-bond acceptors (Lipinski definition) is 7. The Morgan fingerprint density at radius 3 is 2.69 bits per heavy atom. The maximum Gasteiger partial charge on any atom is 0.278 e. The molecule has 0 saturated heterocycles. The van der Waals surface area contributed by atoms with E-state index in [2.05, 4.69) is 54.0 Å². The summed E-state index contributed by atoms with van der Waals surface area (Å²) >= 11 is 0. The number of fused-ring (bicyclic) bond motifs is 4. The number of benzene rings is 2. The Labute approximate surface area is 262 Å². The Morgan fingerprint density at radius 1 is 1.09 bits per heavy atom. The highest BCUT2D eigenvalue weighted by Gasteiger charge is 2.40. The average molecular weight is 602 g/mol. The van der Waals surface area contributed by atoms with E-state index >= 15 is 0 Å². The number of likely N-dealkylation sites (N-methyl/N-ethyl adjacent to an activating group) is 1. The van der Waals surface area contributed by atoms with Crippen LogP contribution in [0.25, 0.3) is 27.6 Å². The number of anilines is 2. The van der Waals surface area contributed by atoms with Gasteiger partial charge in [-0.15, -0.1) is 6.58 Å². The third kappa shape index (κ3) is 4.20. The van der Waals surface area contributed by atoms with E-state index in [0.29, 0.717) is 41.3 Å². The maximum atomic E-state index is 13.8. The molecule has 0 amide bonds. The van der Waals surface area contributed by atoms with Crippen LogP contribution in [0.4, 0.5) is 11.6 Å². The second-order valence-electron chi connectivity index (χ2n) is 13.5. The van der Waals surface area contributed by atoms with Gasteiger partial charge in [0.1, 0.15) is 11.0 Å². The van der Waals surface area contributed by atoms with Gasteiger partial charge in [0.25, 0.3) is 5.56 Å². The van der Waals surface area contributed by atoms with Crippen molar-refractivity contribution in [2.45, 2.75) is 76.5 Å². The zero-order chi connectivity index (χ0) is 31.1. The van der Waals surface area contributed by atoms with Crippen molar-refractivity contribution in [2.75, 3.05) is 18.9 Å². The van der Waals surface area contributed by atoms with Crippen molar-refractivity contribution in [2.24, 2.45) is 0 Å². The summed E-state index contributed by atoms with van der Waals surface area (Å²) in [6.07, 6.45) is 8.71. The van der Waals surface area contributed by atoms with E-state index in [4.69, 9.17) is 9.97 Å². The lowest BCUT2D eigenvalue weighted by Gasteiger charge is -2.45. The summed E-state index contributed by atoms with van der Waals surface area (Å²) in [6.45, 7) is 10.6. The van der Waals surface area contributed by atoms with Gasteiger partial charge in [-0.2, -0.15) is 4.98 Å². The van der Waals surface area contributed by atoms with Crippen LogP contribution in [-0.2, 0) is 36.9 Å². The van der Waals surface area contributed by atoms with Crippen molar-refractivity contribution in [3.05, 3.63) is 93.6 Å². The molecular formula is C36H39N7O2. The molecule has 1 aliphatic heterocycles. The molecule has 230 valence electrons. The fraction of sp³-hybridized carbons (Fsp3) is 0.389. The number of aliphatic hydroxyl groups is 1. The smallest absolute Gasteiger partial charge is 0.278 e. The van der Waals surface area contributed by atoms with E-state index in [1.165, 1.54) is 29.5 Å². The van der Waals surface area contributed by atoms with Gasteiger partial charge < -0.3 is 15.3 Å². The summed E-state index contributed by atoms with van der Waals surface area (Å²) in [6, 6.07) is 12.6. The van der Waals surface area contributed by atoms with Crippen molar-refractivity contribution in [3.8, 4) is 5.82 Å². The highest BCUT2D eigenvalue weighted by Crippen LogP contribution is 2.45. The average Bonchev–Trinajstić information content (AvgIpc) is 3.50. The summed E-state index contributed by atoms with van der Waals surface area (Å²) in [7, 11) is 2.20. The zero-order valence-electron chi connectivity index (χ0n) is 26.2. The molecule has 9 heteroatoms. The van der Waals surface area contributed by atoms with Gasteiger partial charge in [0, 0.05) is 35.8 Å². The maximum absolute atomic E-state index is 13.8. The van der Waals surface area contributed by atoms with Crippen LogP contribution in [0.3, 0.4) is 0 Å². The van der Waals surface area contributed by atoms with E-state index < -0.39 is 5.60 Å². The number of aromatic nitrogens is 5. The highest BCUT2D eigenvalue weighted by molar-refractivity contribution is 5.94. The molecule has 2 atom stereocenters. The van der Waals surface area contributed by atoms with Crippen LogP contribution < -0.4 is 10.9 Å². The van der Waals surface area contributed by atoms with Crippen LogP contribution in [0, 0.1) is 0 Å². The summed E-state index contributed by atoms with van der Waals surface area (Å²) in [5.74, 6) is 0.981. The molecule has 0 spiro atoms. The van der Waals surface area contributed by atoms with E-state index in [0.717, 1.165) is 48.0 Å². The number of allylic oxidation sites excluding steroid dienone is 1. The highest BCUT2D eigenvalue weighted by atomic mass is 16.3. The summed E-state index contributed by atoms with van der Waals surface area (Å²) in [5.41, 5.74) is 6.41. The Kier molecular flexibility index (Phi) is 6.31. The molecule has 8 rings (SSSR count). The number of pyridine rings is 1. The van der Waals surface area contributed by atoms with Gasteiger partial charge in [0.05, 0.1) is 12.2 Å². The van der Waals surface area contributed by atoms with Gasteiger partial charge in [-0.25, -0.2) is 19.3 Å². The predicted octanol–water partition coefficient (Wildman–Crippen LogP) is 5.64. The third-order valence-electron chi connectivity index (χ3n) is 10.4. The number of nitrogens with one attached hydrogen (secondary N) is 1. The molecule has 0 fully saturated rings. The molecular weight excluding hydrogens is 562 g/mol. The SMILES string of the molecule is C=CCn1c(=O)c2cnc(Nc3cc4c5c(c3)CN(C)CC5(C)CCC4)nc2n1-c1nc2c(c3ccccc13)CCC2(O)CC. The fourth-order valence-electron chi connectivity index (χ4n) is 8.45. The van der Waals surface area contributed by atoms with Gasteiger partial charge >= 0.3 is 0 Å². The Bertz CT molecular complexity index is 2100. The second-order valence-corrected chi connectivity index (χ2v) is 13.5. The van der Waals surface area contributed by atoms with Crippen LogP contribution in [0.15, 0.2) is 60.0 Å². The van der Waals surface area contributed by atoms with Crippen LogP contribution in [0.5, 0.6) is 0 Å². The fourth-order valence-corrected chi connectivity index (χ4v) is 8.45. The Morgan fingerprint density at radius 2 is 1.89 bits per heavy atom.